The number of aliphatic hydroxyl groups is 2. The summed E-state index contributed by atoms with van der Waals surface area (Å²) >= 11 is 1.45. The SMILES string of the molecule is CO[C@@H](C)c1c(Nc2ccc([C@H](N(C)C(=O)C3CCN(C(=O)C(O)CO)CC3)C(F)(F)F)cc2)cnc2sc(C)nc12. The number of hydrogen-bond acceptors (Lipinski definition) is 9. The van der Waals surface area contributed by atoms with E-state index in [-0.39, 0.29) is 37.6 Å². The van der Waals surface area contributed by atoms with Crippen LogP contribution in [0.5, 0.6) is 0 Å². The molecule has 2 amide bonds. The standard InChI is InChI=1S/C28H34F3N5O5S/c1-15(41-4)22-20(13-32-25-23(22)33-16(2)42-25)34-19-7-5-17(6-8-19)24(28(29,30)31)35(3)26(39)18-9-11-36(12-10-18)27(40)21(38)14-37/h5-8,13,15,18,21,24,34,37-38H,9-12,14H2,1-4H3/t15-,21?,24-/m0/s1. The molecule has 0 aliphatic carbocycles. The number of alkyl halides is 3. The van der Waals surface area contributed by atoms with E-state index in [0.29, 0.717) is 21.8 Å². The number of pyridine rings is 1. The van der Waals surface area contributed by atoms with E-state index in [0.717, 1.165) is 22.4 Å². The maximum Gasteiger partial charge on any atom is 0.413 e. The highest BCUT2D eigenvalue weighted by molar-refractivity contribution is 7.18. The van der Waals surface area contributed by atoms with Crippen molar-refractivity contribution in [1.82, 2.24) is 19.8 Å². The molecule has 0 radical (unpaired) electrons. The van der Waals surface area contributed by atoms with Crippen molar-refractivity contribution in [2.75, 3.05) is 39.2 Å². The number of nitrogens with one attached hydrogen (secondary N) is 1. The lowest BCUT2D eigenvalue weighted by Crippen LogP contribution is -2.49. The smallest absolute Gasteiger partial charge is 0.393 e. The quantitative estimate of drug-likeness (QED) is 0.331. The first kappa shape index (κ1) is 31.6. The summed E-state index contributed by atoms with van der Waals surface area (Å²) in [7, 11) is 2.71. The number of aryl methyl sites for hydroxylation is 1. The largest absolute Gasteiger partial charge is 0.413 e. The Balaban J connectivity index is 1.51. The summed E-state index contributed by atoms with van der Waals surface area (Å²) in [6.45, 7) is 3.22. The number of benzene rings is 1. The van der Waals surface area contributed by atoms with E-state index in [1.807, 2.05) is 13.8 Å². The zero-order valence-corrected chi connectivity index (χ0v) is 24.5. The van der Waals surface area contributed by atoms with Crippen LogP contribution in [0.4, 0.5) is 24.5 Å². The van der Waals surface area contributed by atoms with Crippen LogP contribution in [0.1, 0.15) is 48.0 Å². The topological polar surface area (TPSA) is 128 Å². The van der Waals surface area contributed by atoms with Crippen LogP contribution < -0.4 is 5.32 Å². The van der Waals surface area contributed by atoms with Crippen molar-refractivity contribution in [2.24, 2.45) is 5.92 Å². The normalized spacial score (nSPS) is 16.7. The number of hydrogen-bond donors (Lipinski definition) is 3. The Morgan fingerprint density at radius 2 is 1.88 bits per heavy atom. The Bertz CT molecular complexity index is 1410. The van der Waals surface area contributed by atoms with Gasteiger partial charge in [-0.3, -0.25) is 9.59 Å². The molecule has 42 heavy (non-hydrogen) atoms. The van der Waals surface area contributed by atoms with Crippen LogP contribution in [0.2, 0.25) is 0 Å². The fourth-order valence-electron chi connectivity index (χ4n) is 5.22. The average Bonchev–Trinajstić information content (AvgIpc) is 3.35. The molecule has 1 unspecified atom stereocenters. The molecule has 1 saturated heterocycles. The number of piperidine rings is 1. The average molecular weight is 610 g/mol. The van der Waals surface area contributed by atoms with E-state index in [1.54, 1.807) is 13.3 Å². The van der Waals surface area contributed by atoms with Gasteiger partial charge in [0, 0.05) is 44.4 Å². The first-order valence-corrected chi connectivity index (χ1v) is 14.2. The van der Waals surface area contributed by atoms with Crippen molar-refractivity contribution in [1.29, 1.82) is 0 Å². The second-order valence-electron chi connectivity index (χ2n) is 10.3. The van der Waals surface area contributed by atoms with Gasteiger partial charge in [0.05, 0.1) is 29.6 Å². The van der Waals surface area contributed by atoms with E-state index < -0.39 is 42.7 Å². The summed E-state index contributed by atoms with van der Waals surface area (Å²) in [5.41, 5.74) is 2.52. The lowest BCUT2D eigenvalue weighted by Gasteiger charge is -2.37. The Morgan fingerprint density at radius 3 is 2.45 bits per heavy atom. The van der Waals surface area contributed by atoms with Gasteiger partial charge in [0.1, 0.15) is 10.3 Å². The molecule has 10 nitrogen and oxygen atoms in total. The van der Waals surface area contributed by atoms with Gasteiger partial charge in [0.2, 0.25) is 5.91 Å². The van der Waals surface area contributed by atoms with Crippen molar-refractivity contribution in [3.63, 3.8) is 0 Å². The van der Waals surface area contributed by atoms with E-state index in [2.05, 4.69) is 15.3 Å². The van der Waals surface area contributed by atoms with Gasteiger partial charge in [-0.05, 0) is 44.4 Å². The first-order valence-electron chi connectivity index (χ1n) is 13.4. The molecule has 228 valence electrons. The summed E-state index contributed by atoms with van der Waals surface area (Å²) in [5, 5.41) is 22.6. The predicted molar refractivity (Wildman–Crippen MR) is 151 cm³/mol. The molecule has 2 aromatic heterocycles. The van der Waals surface area contributed by atoms with Crippen LogP contribution in [0.15, 0.2) is 30.5 Å². The Labute approximate surface area is 245 Å². The third-order valence-corrected chi connectivity index (χ3v) is 8.38. The van der Waals surface area contributed by atoms with Gasteiger partial charge in [-0.25, -0.2) is 9.97 Å². The molecule has 0 bridgehead atoms. The second kappa shape index (κ2) is 12.9. The molecular weight excluding hydrogens is 575 g/mol. The van der Waals surface area contributed by atoms with Crippen LogP contribution in [-0.4, -0.2) is 87.9 Å². The van der Waals surface area contributed by atoms with Crippen molar-refractivity contribution in [2.45, 2.75) is 51.1 Å². The zero-order chi connectivity index (χ0) is 30.8. The van der Waals surface area contributed by atoms with Gasteiger partial charge in [-0.15, -0.1) is 0 Å². The lowest BCUT2D eigenvalue weighted by molar-refractivity contribution is -0.191. The molecule has 4 rings (SSSR count). The Morgan fingerprint density at radius 1 is 1.24 bits per heavy atom. The molecule has 14 heteroatoms. The van der Waals surface area contributed by atoms with E-state index in [4.69, 9.17) is 9.84 Å². The third kappa shape index (κ3) is 6.66. The summed E-state index contributed by atoms with van der Waals surface area (Å²) in [6, 6.07) is 3.52. The minimum Gasteiger partial charge on any atom is -0.393 e. The van der Waals surface area contributed by atoms with Crippen LogP contribution >= 0.6 is 11.3 Å². The number of amides is 2. The fourth-order valence-corrected chi connectivity index (χ4v) is 5.99. The number of carbonyl (C=O) groups is 2. The minimum atomic E-state index is -4.74. The number of ether oxygens (including phenoxy) is 1. The fraction of sp³-hybridized carbons (Fsp3) is 0.500. The van der Waals surface area contributed by atoms with E-state index in [9.17, 15) is 27.9 Å². The van der Waals surface area contributed by atoms with Gasteiger partial charge in [-0.1, -0.05) is 23.5 Å². The minimum absolute atomic E-state index is 0.0992. The highest BCUT2D eigenvalue weighted by atomic mass is 32.1. The first-order chi connectivity index (χ1) is 19.8. The van der Waals surface area contributed by atoms with Crippen molar-refractivity contribution in [3.05, 3.63) is 46.6 Å². The van der Waals surface area contributed by atoms with E-state index >= 15 is 0 Å². The summed E-state index contributed by atoms with van der Waals surface area (Å²) in [6.07, 6.45) is -4.66. The summed E-state index contributed by atoms with van der Waals surface area (Å²) < 4.78 is 48.5. The van der Waals surface area contributed by atoms with Crippen LogP contribution in [0, 0.1) is 12.8 Å². The number of fused-ring (bicyclic) bond motifs is 1. The summed E-state index contributed by atoms with van der Waals surface area (Å²) in [4.78, 5) is 37.1. The number of aromatic nitrogens is 2. The Kier molecular flexibility index (Phi) is 9.70. The van der Waals surface area contributed by atoms with Gasteiger partial charge >= 0.3 is 6.18 Å². The van der Waals surface area contributed by atoms with Crippen molar-refractivity contribution < 1.29 is 37.7 Å². The highest BCUT2D eigenvalue weighted by Crippen LogP contribution is 2.40. The van der Waals surface area contributed by atoms with Crippen molar-refractivity contribution >= 4 is 44.9 Å². The number of methoxy groups -OCH3 is 1. The lowest BCUT2D eigenvalue weighted by atomic mass is 9.93. The number of nitrogens with zero attached hydrogens (tertiary/aromatic N) is 4. The molecule has 0 saturated carbocycles. The molecule has 1 fully saturated rings. The molecule has 1 aromatic carbocycles. The molecule has 3 aromatic rings. The van der Waals surface area contributed by atoms with Gasteiger partial charge in [0.25, 0.3) is 5.91 Å². The highest BCUT2D eigenvalue weighted by Gasteiger charge is 2.46. The van der Waals surface area contributed by atoms with Gasteiger partial charge in [-0.2, -0.15) is 13.2 Å². The number of carbonyl (C=O) groups excluding carboxylic acids is 2. The van der Waals surface area contributed by atoms with E-state index in [1.165, 1.54) is 40.5 Å². The van der Waals surface area contributed by atoms with Crippen LogP contribution in [-0.2, 0) is 14.3 Å². The van der Waals surface area contributed by atoms with Crippen molar-refractivity contribution in [3.8, 4) is 0 Å². The van der Waals surface area contributed by atoms with Gasteiger partial charge < -0.3 is 30.1 Å². The number of halogens is 3. The maximum absolute atomic E-state index is 14.3. The maximum atomic E-state index is 14.3. The number of rotatable bonds is 9. The number of likely N-dealkylation sites (tertiary alicyclic amines) is 1. The molecule has 3 atom stereocenters. The molecule has 0 spiro atoms. The molecular formula is C28H34F3N5O5S. The third-order valence-electron chi connectivity index (χ3n) is 7.50. The second-order valence-corrected chi connectivity index (χ2v) is 11.5. The monoisotopic (exact) mass is 609 g/mol. The Hall–Kier alpha value is -3.33. The number of anilines is 2. The molecule has 3 heterocycles. The molecule has 1 aliphatic heterocycles. The van der Waals surface area contributed by atoms with Crippen LogP contribution in [0.3, 0.4) is 0 Å². The number of thiazole rings is 1. The van der Waals surface area contributed by atoms with Crippen LogP contribution in [0.25, 0.3) is 10.3 Å². The molecule has 3 N–H and O–H groups in total. The molecule has 1 aliphatic rings. The zero-order valence-electron chi connectivity index (χ0n) is 23.7. The predicted octanol–water partition coefficient (Wildman–Crippen LogP) is 4.10. The number of aliphatic hydroxyl groups excluding tert-OH is 2. The van der Waals surface area contributed by atoms with Gasteiger partial charge in [0.15, 0.2) is 12.1 Å². The summed E-state index contributed by atoms with van der Waals surface area (Å²) in [5.74, 6) is -2.06.